The van der Waals surface area contributed by atoms with E-state index in [1.807, 2.05) is 0 Å². The first-order chi connectivity index (χ1) is 9.52. The van der Waals surface area contributed by atoms with Gasteiger partial charge in [0.2, 0.25) is 0 Å². The lowest BCUT2D eigenvalue weighted by Crippen LogP contribution is -2.31. The minimum absolute atomic E-state index is 0.0180. The van der Waals surface area contributed by atoms with Crippen molar-refractivity contribution in [1.82, 2.24) is 5.43 Å². The van der Waals surface area contributed by atoms with Gasteiger partial charge in [-0.1, -0.05) is 6.07 Å². The van der Waals surface area contributed by atoms with Gasteiger partial charge in [-0.3, -0.25) is 11.3 Å². The standard InChI is InChI=1S/C14H12F4N2/c15-9-4-5-10(16)8(6-9)7-13(20-19)14-11(17)2-1-3-12(14)18/h1-6,13,20H,7,19H2. The van der Waals surface area contributed by atoms with Crippen molar-refractivity contribution in [3.05, 3.63) is 70.8 Å². The topological polar surface area (TPSA) is 38.0 Å². The smallest absolute Gasteiger partial charge is 0.130 e. The molecule has 0 aliphatic carbocycles. The van der Waals surface area contributed by atoms with E-state index >= 15 is 0 Å². The zero-order valence-electron chi connectivity index (χ0n) is 10.3. The molecule has 0 bridgehead atoms. The fourth-order valence-electron chi connectivity index (χ4n) is 2.01. The van der Waals surface area contributed by atoms with Crippen LogP contribution in [0.2, 0.25) is 0 Å². The molecule has 0 saturated heterocycles. The van der Waals surface area contributed by atoms with E-state index in [2.05, 4.69) is 5.43 Å². The minimum Gasteiger partial charge on any atom is -0.271 e. The molecule has 0 aliphatic heterocycles. The Hall–Kier alpha value is -1.92. The molecule has 2 aromatic carbocycles. The molecule has 2 rings (SSSR count). The van der Waals surface area contributed by atoms with Gasteiger partial charge in [-0.2, -0.15) is 0 Å². The number of rotatable bonds is 4. The number of nitrogens with two attached hydrogens (primary N) is 1. The van der Waals surface area contributed by atoms with E-state index in [1.165, 1.54) is 6.07 Å². The summed E-state index contributed by atoms with van der Waals surface area (Å²) in [5, 5.41) is 0. The van der Waals surface area contributed by atoms with Crippen LogP contribution in [0.15, 0.2) is 36.4 Å². The number of benzene rings is 2. The van der Waals surface area contributed by atoms with E-state index < -0.39 is 29.3 Å². The lowest BCUT2D eigenvalue weighted by molar-refractivity contribution is 0.464. The highest BCUT2D eigenvalue weighted by atomic mass is 19.1. The summed E-state index contributed by atoms with van der Waals surface area (Å²) in [4.78, 5) is 0. The molecule has 1 atom stereocenters. The van der Waals surface area contributed by atoms with Crippen LogP contribution < -0.4 is 11.3 Å². The molecule has 0 heterocycles. The first kappa shape index (κ1) is 14.5. The number of halogens is 4. The highest BCUT2D eigenvalue weighted by Crippen LogP contribution is 2.25. The monoisotopic (exact) mass is 284 g/mol. The van der Waals surface area contributed by atoms with Gasteiger partial charge in [-0.05, 0) is 42.3 Å². The van der Waals surface area contributed by atoms with E-state index in [1.54, 1.807) is 0 Å². The maximum Gasteiger partial charge on any atom is 0.130 e. The minimum atomic E-state index is -1.01. The predicted octanol–water partition coefficient (Wildman–Crippen LogP) is 2.99. The summed E-state index contributed by atoms with van der Waals surface area (Å²) >= 11 is 0. The van der Waals surface area contributed by atoms with Gasteiger partial charge in [-0.15, -0.1) is 0 Å². The van der Waals surface area contributed by atoms with Crippen LogP contribution in [0.4, 0.5) is 17.6 Å². The molecule has 106 valence electrons. The second kappa shape index (κ2) is 6.02. The summed E-state index contributed by atoms with van der Waals surface area (Å²) < 4.78 is 54.0. The van der Waals surface area contributed by atoms with Gasteiger partial charge in [0.25, 0.3) is 0 Å². The van der Waals surface area contributed by atoms with E-state index in [4.69, 9.17) is 5.84 Å². The Labute approximate surface area is 113 Å². The Kier molecular flexibility index (Phi) is 4.36. The third kappa shape index (κ3) is 2.97. The molecule has 2 aromatic rings. The first-order valence-electron chi connectivity index (χ1n) is 5.87. The van der Waals surface area contributed by atoms with Crippen molar-refractivity contribution in [3.8, 4) is 0 Å². The third-order valence-electron chi connectivity index (χ3n) is 2.98. The molecule has 0 aliphatic rings. The van der Waals surface area contributed by atoms with E-state index in [9.17, 15) is 17.6 Å². The third-order valence-corrected chi connectivity index (χ3v) is 2.98. The molecule has 0 saturated carbocycles. The molecule has 2 nitrogen and oxygen atoms in total. The van der Waals surface area contributed by atoms with Gasteiger partial charge in [0.05, 0.1) is 6.04 Å². The van der Waals surface area contributed by atoms with Gasteiger partial charge < -0.3 is 0 Å². The van der Waals surface area contributed by atoms with Crippen LogP contribution in [0.3, 0.4) is 0 Å². The second-order valence-electron chi connectivity index (χ2n) is 4.29. The van der Waals surface area contributed by atoms with E-state index in [0.717, 1.165) is 30.3 Å². The molecule has 1 unspecified atom stereocenters. The number of nitrogens with one attached hydrogen (secondary N) is 1. The fraction of sp³-hybridized carbons (Fsp3) is 0.143. The fourth-order valence-corrected chi connectivity index (χ4v) is 2.01. The van der Waals surface area contributed by atoms with Crippen LogP contribution in [0, 0.1) is 23.3 Å². The number of hydrogen-bond donors (Lipinski definition) is 2. The van der Waals surface area contributed by atoms with Gasteiger partial charge >= 0.3 is 0 Å². The van der Waals surface area contributed by atoms with Crippen molar-refractivity contribution in [2.45, 2.75) is 12.5 Å². The zero-order chi connectivity index (χ0) is 14.7. The molecule has 20 heavy (non-hydrogen) atoms. The SMILES string of the molecule is NNC(Cc1cc(F)ccc1F)c1c(F)cccc1F. The molecular formula is C14H12F4N2. The number of hydrogen-bond acceptors (Lipinski definition) is 2. The van der Waals surface area contributed by atoms with Crippen LogP contribution in [0.25, 0.3) is 0 Å². The highest BCUT2D eigenvalue weighted by Gasteiger charge is 2.21. The van der Waals surface area contributed by atoms with Crippen LogP contribution in [0.5, 0.6) is 0 Å². The average molecular weight is 284 g/mol. The highest BCUT2D eigenvalue weighted by molar-refractivity contribution is 5.27. The predicted molar refractivity (Wildman–Crippen MR) is 66.5 cm³/mol. The van der Waals surface area contributed by atoms with Crippen molar-refractivity contribution in [1.29, 1.82) is 0 Å². The van der Waals surface area contributed by atoms with Crippen molar-refractivity contribution in [2.75, 3.05) is 0 Å². The normalized spacial score (nSPS) is 12.4. The van der Waals surface area contributed by atoms with Crippen LogP contribution in [0.1, 0.15) is 17.2 Å². The Morgan fingerprint density at radius 2 is 1.60 bits per heavy atom. The summed E-state index contributed by atoms with van der Waals surface area (Å²) in [5.41, 5.74) is 1.90. The van der Waals surface area contributed by atoms with Crippen LogP contribution >= 0.6 is 0 Å². The van der Waals surface area contributed by atoms with Gasteiger partial charge in [0, 0.05) is 5.56 Å². The lowest BCUT2D eigenvalue weighted by Gasteiger charge is -2.18. The van der Waals surface area contributed by atoms with E-state index in [-0.39, 0.29) is 17.5 Å². The van der Waals surface area contributed by atoms with Crippen molar-refractivity contribution in [3.63, 3.8) is 0 Å². The number of hydrazine groups is 1. The maximum atomic E-state index is 13.7. The molecular weight excluding hydrogens is 272 g/mol. The Morgan fingerprint density at radius 3 is 2.20 bits per heavy atom. The molecule has 0 radical (unpaired) electrons. The average Bonchev–Trinajstić information content (AvgIpc) is 2.41. The molecule has 6 heteroatoms. The molecule has 3 N–H and O–H groups in total. The molecule has 0 aromatic heterocycles. The zero-order valence-corrected chi connectivity index (χ0v) is 10.3. The Balaban J connectivity index is 2.36. The first-order valence-corrected chi connectivity index (χ1v) is 5.87. The summed E-state index contributed by atoms with van der Waals surface area (Å²) in [6.45, 7) is 0. The summed E-state index contributed by atoms with van der Waals surface area (Å²) in [6, 6.07) is 5.24. The van der Waals surface area contributed by atoms with Crippen molar-refractivity contribution in [2.24, 2.45) is 5.84 Å². The lowest BCUT2D eigenvalue weighted by atomic mass is 9.98. The maximum absolute atomic E-state index is 13.7. The van der Waals surface area contributed by atoms with Gasteiger partial charge in [0.1, 0.15) is 23.3 Å². The van der Waals surface area contributed by atoms with Crippen molar-refractivity contribution >= 4 is 0 Å². The van der Waals surface area contributed by atoms with Gasteiger partial charge in [0.15, 0.2) is 0 Å². The van der Waals surface area contributed by atoms with E-state index in [0.29, 0.717) is 0 Å². The second-order valence-corrected chi connectivity index (χ2v) is 4.29. The quantitative estimate of drug-likeness (QED) is 0.514. The Morgan fingerprint density at radius 1 is 0.950 bits per heavy atom. The largest absolute Gasteiger partial charge is 0.271 e. The summed E-state index contributed by atoms with van der Waals surface area (Å²) in [5.74, 6) is 2.38. The molecule has 0 spiro atoms. The molecule has 0 amide bonds. The van der Waals surface area contributed by atoms with Crippen LogP contribution in [-0.2, 0) is 6.42 Å². The summed E-state index contributed by atoms with van der Waals surface area (Å²) in [7, 11) is 0. The van der Waals surface area contributed by atoms with Crippen LogP contribution in [-0.4, -0.2) is 0 Å². The van der Waals surface area contributed by atoms with Crippen molar-refractivity contribution < 1.29 is 17.6 Å². The van der Waals surface area contributed by atoms with Gasteiger partial charge in [-0.25, -0.2) is 17.6 Å². The Bertz CT molecular complexity index is 596. The summed E-state index contributed by atoms with van der Waals surface area (Å²) in [6.07, 6.45) is -0.183. The molecule has 0 fully saturated rings.